The maximum absolute atomic E-state index is 12.9. The van der Waals surface area contributed by atoms with Crippen molar-refractivity contribution >= 4 is 66.2 Å². The van der Waals surface area contributed by atoms with E-state index in [0.717, 1.165) is 0 Å². The molecule has 4 aromatic carbocycles. The normalized spacial score (nSPS) is 11.6. The standard InChI is InChI=1S/C26H21Cl2N3O5S2/c1-17-7-9-19(27)16-24(17)31-37(33,34)22-12-10-20(11-13-22)29-26(32)18-8-14-23(28)25(15-18)38(35,36)30-21-5-3-2-4-6-21/h2-16,30-31H,1H3,(H,29,32). The van der Waals surface area contributed by atoms with Crippen LogP contribution in [-0.2, 0) is 20.0 Å². The number of benzene rings is 4. The van der Waals surface area contributed by atoms with Gasteiger partial charge in [-0.2, -0.15) is 0 Å². The molecule has 196 valence electrons. The smallest absolute Gasteiger partial charge is 0.263 e. The molecular weight excluding hydrogens is 569 g/mol. The summed E-state index contributed by atoms with van der Waals surface area (Å²) in [6.45, 7) is 1.75. The Hall–Kier alpha value is -3.57. The van der Waals surface area contributed by atoms with Crippen LogP contribution in [0.15, 0.2) is 101 Å². The highest BCUT2D eigenvalue weighted by atomic mass is 35.5. The van der Waals surface area contributed by atoms with E-state index in [-0.39, 0.29) is 20.4 Å². The van der Waals surface area contributed by atoms with Crippen molar-refractivity contribution in [3.05, 3.63) is 112 Å². The van der Waals surface area contributed by atoms with E-state index in [4.69, 9.17) is 23.2 Å². The van der Waals surface area contributed by atoms with Gasteiger partial charge in [-0.1, -0.05) is 47.5 Å². The van der Waals surface area contributed by atoms with E-state index in [9.17, 15) is 21.6 Å². The Morgan fingerprint density at radius 3 is 2.08 bits per heavy atom. The molecule has 0 spiro atoms. The summed E-state index contributed by atoms with van der Waals surface area (Å²) in [5.41, 5.74) is 1.73. The summed E-state index contributed by atoms with van der Waals surface area (Å²) in [7, 11) is -7.98. The SMILES string of the molecule is Cc1ccc(Cl)cc1NS(=O)(=O)c1ccc(NC(=O)c2ccc(Cl)c(S(=O)(=O)Nc3ccccc3)c2)cc1. The van der Waals surface area contributed by atoms with Gasteiger partial charge in [0.1, 0.15) is 4.90 Å². The first-order chi connectivity index (χ1) is 17.9. The first-order valence-corrected chi connectivity index (χ1v) is 14.7. The molecule has 0 fully saturated rings. The number of hydrogen-bond donors (Lipinski definition) is 3. The lowest BCUT2D eigenvalue weighted by atomic mass is 10.2. The van der Waals surface area contributed by atoms with Crippen molar-refractivity contribution in [3.63, 3.8) is 0 Å². The molecule has 0 aliphatic rings. The molecule has 0 saturated heterocycles. The fraction of sp³-hybridized carbons (Fsp3) is 0.0385. The van der Waals surface area contributed by atoms with Crippen molar-refractivity contribution in [3.8, 4) is 0 Å². The summed E-state index contributed by atoms with van der Waals surface area (Å²) in [5, 5.41) is 2.96. The largest absolute Gasteiger partial charge is 0.322 e. The average Bonchev–Trinajstić information content (AvgIpc) is 2.87. The van der Waals surface area contributed by atoms with E-state index in [0.29, 0.717) is 27.6 Å². The van der Waals surface area contributed by atoms with Crippen molar-refractivity contribution < 1.29 is 21.6 Å². The molecule has 0 aromatic heterocycles. The summed E-state index contributed by atoms with van der Waals surface area (Å²) >= 11 is 12.1. The number of hydrogen-bond acceptors (Lipinski definition) is 5. The van der Waals surface area contributed by atoms with Gasteiger partial charge in [-0.25, -0.2) is 16.8 Å². The molecule has 0 radical (unpaired) electrons. The second kappa shape index (κ2) is 11.0. The van der Waals surface area contributed by atoms with Gasteiger partial charge < -0.3 is 5.32 Å². The lowest BCUT2D eigenvalue weighted by Gasteiger charge is -2.12. The van der Waals surface area contributed by atoms with Crippen molar-refractivity contribution in [2.45, 2.75) is 16.7 Å². The highest BCUT2D eigenvalue weighted by Gasteiger charge is 2.21. The fourth-order valence-corrected chi connectivity index (χ4v) is 6.27. The van der Waals surface area contributed by atoms with Crippen LogP contribution in [0, 0.1) is 6.92 Å². The van der Waals surface area contributed by atoms with Crippen LogP contribution in [0.4, 0.5) is 17.1 Å². The number of aryl methyl sites for hydroxylation is 1. The number of anilines is 3. The molecule has 0 aliphatic carbocycles. The van der Waals surface area contributed by atoms with Gasteiger partial charge in [0.2, 0.25) is 0 Å². The van der Waals surface area contributed by atoms with Crippen LogP contribution < -0.4 is 14.8 Å². The maximum atomic E-state index is 12.9. The molecule has 0 bridgehead atoms. The van der Waals surface area contributed by atoms with Gasteiger partial charge in [-0.15, -0.1) is 0 Å². The van der Waals surface area contributed by atoms with Crippen LogP contribution in [0.2, 0.25) is 10.0 Å². The van der Waals surface area contributed by atoms with Crippen molar-refractivity contribution in [1.82, 2.24) is 0 Å². The Balaban J connectivity index is 1.50. The fourth-order valence-electron chi connectivity index (χ4n) is 3.40. The number of halogens is 2. The van der Waals surface area contributed by atoms with E-state index in [1.165, 1.54) is 48.5 Å². The highest BCUT2D eigenvalue weighted by Crippen LogP contribution is 2.27. The molecule has 4 rings (SSSR count). The molecule has 4 aromatic rings. The Morgan fingerprint density at radius 1 is 0.711 bits per heavy atom. The van der Waals surface area contributed by atoms with Crippen molar-refractivity contribution in [2.24, 2.45) is 0 Å². The minimum absolute atomic E-state index is 0.0262. The van der Waals surface area contributed by atoms with Gasteiger partial charge in [-0.3, -0.25) is 14.2 Å². The van der Waals surface area contributed by atoms with Crippen molar-refractivity contribution in [1.29, 1.82) is 0 Å². The van der Waals surface area contributed by atoms with E-state index in [1.807, 2.05) is 0 Å². The minimum atomic E-state index is -4.07. The number of rotatable bonds is 8. The van der Waals surface area contributed by atoms with Crippen LogP contribution in [0.1, 0.15) is 15.9 Å². The Labute approximate surface area is 230 Å². The number of nitrogens with one attached hydrogen (secondary N) is 3. The zero-order chi connectivity index (χ0) is 27.5. The number of carbonyl (C=O) groups is 1. The summed E-state index contributed by atoms with van der Waals surface area (Å²) in [4.78, 5) is 12.6. The zero-order valence-corrected chi connectivity index (χ0v) is 22.9. The number of amides is 1. The van der Waals surface area contributed by atoms with Gasteiger partial charge in [0.05, 0.1) is 15.6 Å². The molecule has 0 unspecified atom stereocenters. The molecule has 0 atom stereocenters. The summed E-state index contributed by atoms with van der Waals surface area (Å²) < 4.78 is 56.2. The summed E-state index contributed by atoms with van der Waals surface area (Å²) in [6.07, 6.45) is 0. The Bertz CT molecular complexity index is 1710. The third-order valence-electron chi connectivity index (χ3n) is 5.38. The molecule has 1 amide bonds. The second-order valence-electron chi connectivity index (χ2n) is 8.16. The molecule has 0 heterocycles. The van der Waals surface area contributed by atoms with Gasteiger partial charge >= 0.3 is 0 Å². The quantitative estimate of drug-likeness (QED) is 0.227. The molecule has 38 heavy (non-hydrogen) atoms. The van der Waals surface area contributed by atoms with Crippen LogP contribution in [0.5, 0.6) is 0 Å². The predicted molar refractivity (Wildman–Crippen MR) is 150 cm³/mol. The third kappa shape index (κ3) is 6.46. The monoisotopic (exact) mass is 589 g/mol. The molecule has 0 aliphatic heterocycles. The first kappa shape index (κ1) is 27.5. The van der Waals surface area contributed by atoms with E-state index < -0.39 is 26.0 Å². The van der Waals surface area contributed by atoms with E-state index >= 15 is 0 Å². The number of sulfonamides is 2. The van der Waals surface area contributed by atoms with Crippen LogP contribution in [0.3, 0.4) is 0 Å². The highest BCUT2D eigenvalue weighted by molar-refractivity contribution is 7.93. The lowest BCUT2D eigenvalue weighted by molar-refractivity contribution is 0.102. The topological polar surface area (TPSA) is 121 Å². The average molecular weight is 591 g/mol. The minimum Gasteiger partial charge on any atom is -0.322 e. The third-order valence-corrected chi connectivity index (χ3v) is 8.85. The summed E-state index contributed by atoms with van der Waals surface area (Å²) in [5.74, 6) is -0.610. The van der Waals surface area contributed by atoms with Crippen LogP contribution in [-0.4, -0.2) is 22.7 Å². The van der Waals surface area contributed by atoms with Gasteiger partial charge in [0.25, 0.3) is 26.0 Å². The van der Waals surface area contributed by atoms with Gasteiger partial charge in [0.15, 0.2) is 0 Å². The first-order valence-electron chi connectivity index (χ1n) is 11.0. The van der Waals surface area contributed by atoms with E-state index in [1.54, 1.807) is 49.4 Å². The van der Waals surface area contributed by atoms with E-state index in [2.05, 4.69) is 14.8 Å². The number of carbonyl (C=O) groups excluding carboxylic acids is 1. The molecule has 3 N–H and O–H groups in total. The van der Waals surface area contributed by atoms with Crippen molar-refractivity contribution in [2.75, 3.05) is 14.8 Å². The molecule has 0 saturated carbocycles. The van der Waals surface area contributed by atoms with Crippen LogP contribution in [0.25, 0.3) is 0 Å². The lowest BCUT2D eigenvalue weighted by Crippen LogP contribution is -2.17. The Morgan fingerprint density at radius 2 is 1.39 bits per heavy atom. The van der Waals surface area contributed by atoms with Gasteiger partial charge in [0, 0.05) is 22.0 Å². The van der Waals surface area contributed by atoms with Crippen LogP contribution >= 0.6 is 23.2 Å². The zero-order valence-electron chi connectivity index (χ0n) is 19.8. The summed E-state index contributed by atoms with van der Waals surface area (Å²) in [6, 6.07) is 22.5. The maximum Gasteiger partial charge on any atom is 0.263 e. The molecule has 8 nitrogen and oxygen atoms in total. The second-order valence-corrected chi connectivity index (χ2v) is 12.3. The molecule has 12 heteroatoms. The number of para-hydroxylation sites is 1. The molecular formula is C26H21Cl2N3O5S2. The van der Waals surface area contributed by atoms with Gasteiger partial charge in [-0.05, 0) is 79.2 Å². The Kier molecular flexibility index (Phi) is 7.98. The predicted octanol–water partition coefficient (Wildman–Crippen LogP) is 6.16.